The minimum Gasteiger partial charge on any atom is -0.315 e. The molecule has 0 radical (unpaired) electrons. The summed E-state index contributed by atoms with van der Waals surface area (Å²) in [5.74, 6) is 0. The van der Waals surface area contributed by atoms with Crippen LogP contribution >= 0.6 is 11.6 Å². The zero-order valence-electron chi connectivity index (χ0n) is 10.5. The minimum absolute atomic E-state index is 0.292. The average molecular weight is 289 g/mol. The van der Waals surface area contributed by atoms with Gasteiger partial charge in [-0.25, -0.2) is 13.1 Å². The van der Waals surface area contributed by atoms with Crippen LogP contribution in [0.2, 0.25) is 5.02 Å². The van der Waals surface area contributed by atoms with Gasteiger partial charge >= 0.3 is 0 Å². The van der Waals surface area contributed by atoms with E-state index in [-0.39, 0.29) is 0 Å². The number of hydrogen-bond acceptors (Lipinski definition) is 3. The SMILES string of the molecule is Cc1cc(Cl)ccc1S(=O)(=O)NC1(C)CCNC1. The summed E-state index contributed by atoms with van der Waals surface area (Å²) >= 11 is 5.84. The Kier molecular flexibility index (Phi) is 3.69. The van der Waals surface area contributed by atoms with Gasteiger partial charge in [0.25, 0.3) is 0 Å². The summed E-state index contributed by atoms with van der Waals surface area (Å²) in [5, 5.41) is 3.70. The van der Waals surface area contributed by atoms with E-state index in [2.05, 4.69) is 10.0 Å². The van der Waals surface area contributed by atoms with E-state index in [0.717, 1.165) is 13.0 Å². The largest absolute Gasteiger partial charge is 0.315 e. The van der Waals surface area contributed by atoms with E-state index in [4.69, 9.17) is 11.6 Å². The Morgan fingerprint density at radius 2 is 2.17 bits per heavy atom. The molecular weight excluding hydrogens is 272 g/mol. The van der Waals surface area contributed by atoms with E-state index in [1.807, 2.05) is 6.92 Å². The first kappa shape index (κ1) is 13.8. The molecular formula is C12H17ClN2O2S. The summed E-state index contributed by atoms with van der Waals surface area (Å²) in [5.41, 5.74) is 0.245. The molecule has 2 N–H and O–H groups in total. The fraction of sp³-hybridized carbons (Fsp3) is 0.500. The number of nitrogens with one attached hydrogen (secondary N) is 2. The number of benzene rings is 1. The molecule has 1 saturated heterocycles. The van der Waals surface area contributed by atoms with Crippen molar-refractivity contribution in [2.75, 3.05) is 13.1 Å². The maximum absolute atomic E-state index is 12.3. The Balaban J connectivity index is 2.30. The van der Waals surface area contributed by atoms with E-state index in [1.165, 1.54) is 0 Å². The normalized spacial score (nSPS) is 24.4. The topological polar surface area (TPSA) is 58.2 Å². The molecule has 18 heavy (non-hydrogen) atoms. The Labute approximate surface area is 113 Å². The Bertz CT molecular complexity index is 551. The molecule has 1 fully saturated rings. The molecule has 4 nitrogen and oxygen atoms in total. The minimum atomic E-state index is -3.50. The molecule has 100 valence electrons. The second-order valence-corrected chi connectivity index (χ2v) is 7.09. The van der Waals surface area contributed by atoms with Gasteiger partial charge in [-0.1, -0.05) is 11.6 Å². The Morgan fingerprint density at radius 3 is 2.72 bits per heavy atom. The summed E-state index contributed by atoms with van der Waals surface area (Å²) < 4.78 is 27.5. The quantitative estimate of drug-likeness (QED) is 0.890. The number of aryl methyl sites for hydroxylation is 1. The zero-order valence-corrected chi connectivity index (χ0v) is 12.0. The summed E-state index contributed by atoms with van der Waals surface area (Å²) in [6, 6.07) is 4.80. The van der Waals surface area contributed by atoms with Gasteiger partial charge in [0.2, 0.25) is 10.0 Å². The van der Waals surface area contributed by atoms with Crippen molar-refractivity contribution in [3.8, 4) is 0 Å². The van der Waals surface area contributed by atoms with E-state index in [0.29, 0.717) is 22.0 Å². The first-order valence-corrected chi connectivity index (χ1v) is 7.69. The fourth-order valence-corrected chi connectivity index (χ4v) is 4.09. The molecule has 1 aliphatic heterocycles. The number of hydrogen-bond donors (Lipinski definition) is 2. The van der Waals surface area contributed by atoms with Crippen molar-refractivity contribution in [1.29, 1.82) is 0 Å². The molecule has 2 rings (SSSR count). The highest BCUT2D eigenvalue weighted by Crippen LogP contribution is 2.23. The van der Waals surface area contributed by atoms with Crippen LogP contribution in [0.5, 0.6) is 0 Å². The van der Waals surface area contributed by atoms with Gasteiger partial charge in [-0.3, -0.25) is 0 Å². The molecule has 1 atom stereocenters. The van der Waals surface area contributed by atoms with Crippen molar-refractivity contribution < 1.29 is 8.42 Å². The van der Waals surface area contributed by atoms with Gasteiger partial charge in [0, 0.05) is 17.1 Å². The van der Waals surface area contributed by atoms with Gasteiger partial charge in [0.05, 0.1) is 4.90 Å². The molecule has 0 aliphatic carbocycles. The van der Waals surface area contributed by atoms with Gasteiger partial charge < -0.3 is 5.32 Å². The van der Waals surface area contributed by atoms with Crippen LogP contribution < -0.4 is 10.0 Å². The highest BCUT2D eigenvalue weighted by Gasteiger charge is 2.33. The van der Waals surface area contributed by atoms with Crippen molar-refractivity contribution in [3.63, 3.8) is 0 Å². The monoisotopic (exact) mass is 288 g/mol. The highest BCUT2D eigenvalue weighted by molar-refractivity contribution is 7.89. The lowest BCUT2D eigenvalue weighted by Gasteiger charge is -2.24. The van der Waals surface area contributed by atoms with Gasteiger partial charge in [-0.15, -0.1) is 0 Å². The van der Waals surface area contributed by atoms with Crippen molar-refractivity contribution in [2.24, 2.45) is 0 Å². The third-order valence-corrected chi connectivity index (χ3v) is 5.21. The molecule has 0 amide bonds. The molecule has 1 unspecified atom stereocenters. The lowest BCUT2D eigenvalue weighted by Crippen LogP contribution is -2.47. The predicted octanol–water partition coefficient (Wildman–Crippen LogP) is 1.68. The maximum atomic E-state index is 12.3. The van der Waals surface area contributed by atoms with Crippen LogP contribution in [-0.2, 0) is 10.0 Å². The maximum Gasteiger partial charge on any atom is 0.241 e. The van der Waals surface area contributed by atoms with Crippen LogP contribution in [0, 0.1) is 6.92 Å². The molecule has 1 aromatic rings. The zero-order chi connectivity index (χ0) is 13.4. The first-order chi connectivity index (χ1) is 8.32. The van der Waals surface area contributed by atoms with Crippen molar-refractivity contribution in [3.05, 3.63) is 28.8 Å². The second kappa shape index (κ2) is 4.81. The molecule has 0 bridgehead atoms. The average Bonchev–Trinajstić information content (AvgIpc) is 2.62. The third-order valence-electron chi connectivity index (χ3n) is 3.18. The molecule has 0 saturated carbocycles. The molecule has 0 aromatic heterocycles. The molecule has 1 aliphatic rings. The number of sulfonamides is 1. The van der Waals surface area contributed by atoms with Crippen molar-refractivity contribution in [1.82, 2.24) is 10.0 Å². The predicted molar refractivity (Wildman–Crippen MR) is 72.4 cm³/mol. The Hall–Kier alpha value is -0.620. The summed E-state index contributed by atoms with van der Waals surface area (Å²) in [4.78, 5) is 0.292. The van der Waals surface area contributed by atoms with Crippen LogP contribution in [0.4, 0.5) is 0 Å². The van der Waals surface area contributed by atoms with Crippen LogP contribution in [0.3, 0.4) is 0 Å². The third kappa shape index (κ3) is 2.85. The Morgan fingerprint density at radius 1 is 1.44 bits per heavy atom. The lowest BCUT2D eigenvalue weighted by molar-refractivity contribution is 0.452. The first-order valence-electron chi connectivity index (χ1n) is 5.83. The molecule has 1 aromatic carbocycles. The van der Waals surface area contributed by atoms with E-state index < -0.39 is 15.6 Å². The van der Waals surface area contributed by atoms with E-state index >= 15 is 0 Å². The molecule has 1 heterocycles. The highest BCUT2D eigenvalue weighted by atomic mass is 35.5. The van der Waals surface area contributed by atoms with E-state index in [9.17, 15) is 8.42 Å². The number of halogens is 1. The molecule has 0 spiro atoms. The standard InChI is InChI=1S/C12H17ClN2O2S/c1-9-7-10(13)3-4-11(9)18(16,17)15-12(2)5-6-14-8-12/h3-4,7,14-15H,5-6,8H2,1-2H3. The van der Waals surface area contributed by atoms with Gasteiger partial charge in [-0.2, -0.15) is 0 Å². The van der Waals surface area contributed by atoms with Crippen LogP contribution in [0.15, 0.2) is 23.1 Å². The van der Waals surface area contributed by atoms with Gasteiger partial charge in [0.15, 0.2) is 0 Å². The summed E-state index contributed by atoms with van der Waals surface area (Å²) in [7, 11) is -3.50. The smallest absolute Gasteiger partial charge is 0.241 e. The van der Waals surface area contributed by atoms with Crippen LogP contribution in [0.1, 0.15) is 18.9 Å². The van der Waals surface area contributed by atoms with Gasteiger partial charge in [-0.05, 0) is 50.6 Å². The lowest BCUT2D eigenvalue weighted by atomic mass is 10.0. The second-order valence-electron chi connectivity index (χ2n) is 5.00. The summed E-state index contributed by atoms with van der Waals surface area (Å²) in [6.07, 6.45) is 0.791. The van der Waals surface area contributed by atoms with Crippen LogP contribution in [-0.4, -0.2) is 27.0 Å². The van der Waals surface area contributed by atoms with Crippen LogP contribution in [0.25, 0.3) is 0 Å². The molecule has 6 heteroatoms. The number of rotatable bonds is 3. The summed E-state index contributed by atoms with van der Waals surface area (Å²) in [6.45, 7) is 5.14. The fourth-order valence-electron chi connectivity index (χ4n) is 2.20. The van der Waals surface area contributed by atoms with E-state index in [1.54, 1.807) is 25.1 Å². The van der Waals surface area contributed by atoms with Crippen molar-refractivity contribution in [2.45, 2.75) is 30.7 Å². The van der Waals surface area contributed by atoms with Gasteiger partial charge in [0.1, 0.15) is 0 Å². The van der Waals surface area contributed by atoms with Crippen molar-refractivity contribution >= 4 is 21.6 Å².